The van der Waals surface area contributed by atoms with Gasteiger partial charge >= 0.3 is 0 Å². The summed E-state index contributed by atoms with van der Waals surface area (Å²) in [5.74, 6) is 0.543. The Morgan fingerprint density at radius 1 is 1.21 bits per heavy atom. The highest BCUT2D eigenvalue weighted by atomic mass is 16.1. The maximum atomic E-state index is 11.8. The first-order valence-corrected chi connectivity index (χ1v) is 4.89. The maximum absolute atomic E-state index is 11.8. The van der Waals surface area contributed by atoms with Crippen molar-refractivity contribution in [2.24, 2.45) is 5.92 Å². The highest BCUT2D eigenvalue weighted by Gasteiger charge is 2.06. The zero-order chi connectivity index (χ0) is 10.6. The van der Waals surface area contributed by atoms with E-state index < -0.39 is 0 Å². The molecular formula is C13H16O. The number of hydrogen-bond acceptors (Lipinski definition) is 1. The highest BCUT2D eigenvalue weighted by molar-refractivity contribution is 6.08. The average Bonchev–Trinajstić information content (AvgIpc) is 2.17. The molecule has 0 N–H and O–H groups in total. The smallest absolute Gasteiger partial charge is 0.188 e. The van der Waals surface area contributed by atoms with Gasteiger partial charge in [-0.05, 0) is 18.4 Å². The average molecular weight is 188 g/mol. The van der Waals surface area contributed by atoms with Gasteiger partial charge in [0.2, 0.25) is 0 Å². The van der Waals surface area contributed by atoms with Crippen LogP contribution in [-0.4, -0.2) is 5.78 Å². The summed E-state index contributed by atoms with van der Waals surface area (Å²) >= 11 is 0. The van der Waals surface area contributed by atoms with Gasteiger partial charge < -0.3 is 0 Å². The summed E-state index contributed by atoms with van der Waals surface area (Å²) in [6.07, 6.45) is 2.00. The largest absolute Gasteiger partial charge is 0.289 e. The molecule has 0 saturated carbocycles. The van der Waals surface area contributed by atoms with E-state index in [1.54, 1.807) is 0 Å². The predicted molar refractivity (Wildman–Crippen MR) is 59.4 cm³/mol. The first-order valence-electron chi connectivity index (χ1n) is 4.89. The second-order valence-electron chi connectivity index (χ2n) is 3.79. The Morgan fingerprint density at radius 2 is 1.79 bits per heavy atom. The summed E-state index contributed by atoms with van der Waals surface area (Å²) in [6.45, 7) is 6.01. The molecule has 0 heterocycles. The summed E-state index contributed by atoms with van der Waals surface area (Å²) in [5, 5.41) is 0. The fraction of sp³-hybridized carbons (Fsp3) is 0.308. The van der Waals surface area contributed by atoms with E-state index in [-0.39, 0.29) is 5.78 Å². The van der Waals surface area contributed by atoms with Gasteiger partial charge in [0.15, 0.2) is 5.78 Å². The van der Waals surface area contributed by atoms with Crippen LogP contribution >= 0.6 is 0 Å². The third-order valence-electron chi connectivity index (χ3n) is 1.98. The van der Waals surface area contributed by atoms with Crippen LogP contribution in [0.2, 0.25) is 0 Å². The molecule has 0 atom stereocenters. The van der Waals surface area contributed by atoms with Crippen LogP contribution in [0.5, 0.6) is 0 Å². The Bertz CT molecular complexity index is 334. The van der Waals surface area contributed by atoms with Crippen molar-refractivity contribution in [1.29, 1.82) is 0 Å². The number of Topliss-reactive ketones (excluding diaryl/α,β-unsaturated/α-hetero) is 1. The minimum atomic E-state index is 0.124. The lowest BCUT2D eigenvalue weighted by atomic mass is 10.0. The monoisotopic (exact) mass is 188 g/mol. The standard InChI is InChI=1S/C13H16O/c1-10(2)9-11(3)13(14)12-7-5-4-6-8-12/h4-10H,1-3H3. The van der Waals surface area contributed by atoms with Gasteiger partial charge in [-0.3, -0.25) is 4.79 Å². The minimum absolute atomic E-state index is 0.124. The van der Waals surface area contributed by atoms with Crippen LogP contribution in [0.15, 0.2) is 42.0 Å². The Morgan fingerprint density at radius 3 is 2.29 bits per heavy atom. The van der Waals surface area contributed by atoms with Gasteiger partial charge in [-0.2, -0.15) is 0 Å². The molecule has 0 aromatic heterocycles. The Labute approximate surface area is 85.5 Å². The van der Waals surface area contributed by atoms with E-state index in [9.17, 15) is 4.79 Å². The fourth-order valence-electron chi connectivity index (χ4n) is 1.39. The fourth-order valence-corrected chi connectivity index (χ4v) is 1.39. The molecule has 1 rings (SSSR count). The topological polar surface area (TPSA) is 17.1 Å². The zero-order valence-corrected chi connectivity index (χ0v) is 8.95. The number of ketones is 1. The molecule has 1 nitrogen and oxygen atoms in total. The molecule has 1 aromatic rings. The molecule has 0 amide bonds. The van der Waals surface area contributed by atoms with Gasteiger partial charge in [0.1, 0.15) is 0 Å². The molecule has 1 aromatic carbocycles. The number of carbonyl (C=O) groups is 1. The lowest BCUT2D eigenvalue weighted by Crippen LogP contribution is -2.01. The van der Waals surface area contributed by atoms with Crippen LogP contribution in [0.3, 0.4) is 0 Å². The second-order valence-corrected chi connectivity index (χ2v) is 3.79. The zero-order valence-electron chi connectivity index (χ0n) is 8.95. The van der Waals surface area contributed by atoms with Crippen molar-refractivity contribution < 1.29 is 4.79 Å². The van der Waals surface area contributed by atoms with Crippen molar-refractivity contribution in [1.82, 2.24) is 0 Å². The van der Waals surface area contributed by atoms with E-state index in [0.29, 0.717) is 5.92 Å². The number of hydrogen-bond donors (Lipinski definition) is 0. The molecule has 0 bridgehead atoms. The number of allylic oxidation sites excluding steroid dienone is 2. The van der Waals surface area contributed by atoms with Crippen LogP contribution in [0, 0.1) is 5.92 Å². The maximum Gasteiger partial charge on any atom is 0.188 e. The molecule has 0 saturated heterocycles. The predicted octanol–water partition coefficient (Wildman–Crippen LogP) is 3.47. The van der Waals surface area contributed by atoms with Crippen molar-refractivity contribution in [3.8, 4) is 0 Å². The lowest BCUT2D eigenvalue weighted by molar-refractivity contribution is 0.103. The van der Waals surface area contributed by atoms with Gasteiger partial charge in [0, 0.05) is 5.56 Å². The summed E-state index contributed by atoms with van der Waals surface area (Å²) in [6, 6.07) is 9.38. The second kappa shape index (κ2) is 4.75. The van der Waals surface area contributed by atoms with E-state index >= 15 is 0 Å². The summed E-state index contributed by atoms with van der Waals surface area (Å²) in [5.41, 5.74) is 1.59. The molecule has 74 valence electrons. The van der Waals surface area contributed by atoms with Crippen molar-refractivity contribution in [3.63, 3.8) is 0 Å². The number of rotatable bonds is 3. The van der Waals surface area contributed by atoms with Gasteiger partial charge in [-0.25, -0.2) is 0 Å². The minimum Gasteiger partial charge on any atom is -0.289 e. The van der Waals surface area contributed by atoms with Crippen LogP contribution in [-0.2, 0) is 0 Å². The molecule has 0 unspecified atom stereocenters. The molecule has 14 heavy (non-hydrogen) atoms. The quantitative estimate of drug-likeness (QED) is 0.524. The van der Waals surface area contributed by atoms with Crippen molar-refractivity contribution in [2.75, 3.05) is 0 Å². The first-order chi connectivity index (χ1) is 6.61. The van der Waals surface area contributed by atoms with E-state index in [2.05, 4.69) is 13.8 Å². The Balaban J connectivity index is 2.87. The summed E-state index contributed by atoms with van der Waals surface area (Å²) in [7, 11) is 0. The van der Waals surface area contributed by atoms with E-state index in [0.717, 1.165) is 11.1 Å². The van der Waals surface area contributed by atoms with E-state index in [1.165, 1.54) is 0 Å². The summed E-state index contributed by atoms with van der Waals surface area (Å²) in [4.78, 5) is 11.8. The SMILES string of the molecule is CC(=CC(C)C)C(=O)c1ccccc1. The normalized spacial score (nSPS) is 11.9. The van der Waals surface area contributed by atoms with Gasteiger partial charge in [0.25, 0.3) is 0 Å². The van der Waals surface area contributed by atoms with Crippen molar-refractivity contribution in [3.05, 3.63) is 47.5 Å². The first kappa shape index (κ1) is 10.7. The molecule has 0 spiro atoms. The molecule has 0 aliphatic rings. The molecule has 0 radical (unpaired) electrons. The van der Waals surface area contributed by atoms with Crippen molar-refractivity contribution in [2.45, 2.75) is 20.8 Å². The third-order valence-corrected chi connectivity index (χ3v) is 1.98. The van der Waals surface area contributed by atoms with Gasteiger partial charge in [-0.15, -0.1) is 0 Å². The van der Waals surface area contributed by atoms with E-state index in [4.69, 9.17) is 0 Å². The number of benzene rings is 1. The van der Waals surface area contributed by atoms with Crippen LogP contribution in [0.4, 0.5) is 0 Å². The third kappa shape index (κ3) is 2.84. The molecular weight excluding hydrogens is 172 g/mol. The van der Waals surface area contributed by atoms with E-state index in [1.807, 2.05) is 43.3 Å². The molecule has 0 aliphatic heterocycles. The molecule has 0 fully saturated rings. The van der Waals surface area contributed by atoms with Crippen LogP contribution in [0.1, 0.15) is 31.1 Å². The Kier molecular flexibility index (Phi) is 3.63. The molecule has 1 heteroatoms. The van der Waals surface area contributed by atoms with Crippen molar-refractivity contribution >= 4 is 5.78 Å². The molecule has 0 aliphatic carbocycles. The lowest BCUT2D eigenvalue weighted by Gasteiger charge is -2.02. The Hall–Kier alpha value is -1.37. The van der Waals surface area contributed by atoms with Crippen LogP contribution < -0.4 is 0 Å². The number of carbonyl (C=O) groups excluding carboxylic acids is 1. The highest BCUT2D eigenvalue weighted by Crippen LogP contribution is 2.09. The van der Waals surface area contributed by atoms with Gasteiger partial charge in [-0.1, -0.05) is 50.3 Å². The van der Waals surface area contributed by atoms with Gasteiger partial charge in [0.05, 0.1) is 0 Å². The summed E-state index contributed by atoms with van der Waals surface area (Å²) < 4.78 is 0. The van der Waals surface area contributed by atoms with Crippen LogP contribution in [0.25, 0.3) is 0 Å².